The Bertz CT molecular complexity index is 1210. The maximum atomic E-state index is 13.1. The van der Waals surface area contributed by atoms with Crippen LogP contribution in [-0.2, 0) is 9.53 Å². The molecule has 10 nitrogen and oxygen atoms in total. The van der Waals surface area contributed by atoms with E-state index in [-0.39, 0.29) is 24.5 Å². The molecule has 0 radical (unpaired) electrons. The normalized spacial score (nSPS) is 18.6. The summed E-state index contributed by atoms with van der Waals surface area (Å²) in [5.41, 5.74) is 2.21. The highest BCUT2D eigenvalue weighted by atomic mass is 32.2. The second-order valence-electron chi connectivity index (χ2n) is 8.30. The highest BCUT2D eigenvalue weighted by Crippen LogP contribution is 2.23. The number of thioether (sulfide) groups is 1. The van der Waals surface area contributed by atoms with E-state index in [4.69, 9.17) is 9.47 Å². The molecule has 2 saturated heterocycles. The van der Waals surface area contributed by atoms with Crippen LogP contribution in [0.4, 0.5) is 5.69 Å². The molecule has 0 aliphatic carbocycles. The number of fused-ring (bicyclic) bond motifs is 1. The molecule has 11 heteroatoms. The van der Waals surface area contributed by atoms with Crippen LogP contribution in [0.3, 0.4) is 0 Å². The summed E-state index contributed by atoms with van der Waals surface area (Å²) < 4.78 is 13.5. The van der Waals surface area contributed by atoms with Gasteiger partial charge in [0.1, 0.15) is 12.7 Å². The number of amides is 2. The van der Waals surface area contributed by atoms with Crippen molar-refractivity contribution in [1.29, 1.82) is 0 Å². The monoisotopic (exact) mass is 482 g/mol. The minimum Gasteiger partial charge on any atom is -0.475 e. The third-order valence-corrected chi connectivity index (χ3v) is 6.45. The minimum absolute atomic E-state index is 0.0596. The van der Waals surface area contributed by atoms with Crippen molar-refractivity contribution < 1.29 is 19.1 Å². The molecule has 2 aliphatic heterocycles. The number of benzene rings is 1. The topological polar surface area (TPSA) is 102 Å². The van der Waals surface area contributed by atoms with Crippen LogP contribution in [0.15, 0.2) is 35.5 Å². The zero-order valence-corrected chi connectivity index (χ0v) is 20.0. The lowest BCUT2D eigenvalue weighted by Gasteiger charge is -2.33. The minimum atomic E-state index is -0.272. The summed E-state index contributed by atoms with van der Waals surface area (Å²) in [5.74, 6) is 1.09. The SMILES string of the molecule is CSc1nc2nc(C)cc(OCC3CN(C(=O)c4ccc(N5CCCC5=O)cc4)CCO3)n2n1. The summed E-state index contributed by atoms with van der Waals surface area (Å²) in [4.78, 5) is 37.4. The molecule has 1 unspecified atom stereocenters. The van der Waals surface area contributed by atoms with E-state index >= 15 is 0 Å². The Hall–Kier alpha value is -3.18. The first-order valence-electron chi connectivity index (χ1n) is 11.2. The number of carbonyl (C=O) groups is 2. The first-order chi connectivity index (χ1) is 16.5. The Kier molecular flexibility index (Phi) is 6.38. The number of morpholine rings is 1. The van der Waals surface area contributed by atoms with Gasteiger partial charge in [0.15, 0.2) is 0 Å². The fourth-order valence-corrected chi connectivity index (χ4v) is 4.53. The standard InChI is InChI=1S/C23H26N6O4S/c1-15-12-20(29-22(24-15)25-23(26-29)34-2)33-14-18-13-27(10-11-32-18)21(31)16-5-7-17(8-6-16)28-9-3-4-19(28)30/h5-8,12,18H,3-4,9-11,13-14H2,1-2H3. The molecule has 2 fully saturated rings. The third-order valence-electron chi connectivity index (χ3n) is 5.91. The number of nitrogens with zero attached hydrogens (tertiary/aromatic N) is 6. The molecule has 5 rings (SSSR count). The molecule has 0 N–H and O–H groups in total. The molecule has 0 saturated carbocycles. The summed E-state index contributed by atoms with van der Waals surface area (Å²) in [5, 5.41) is 5.03. The van der Waals surface area contributed by atoms with Gasteiger partial charge >= 0.3 is 0 Å². The van der Waals surface area contributed by atoms with Gasteiger partial charge in [0.05, 0.1) is 13.2 Å². The zero-order valence-electron chi connectivity index (χ0n) is 19.1. The number of hydrogen-bond acceptors (Lipinski definition) is 8. The molecule has 4 heterocycles. The fraction of sp³-hybridized carbons (Fsp3) is 0.435. The van der Waals surface area contributed by atoms with Gasteiger partial charge in [0.2, 0.25) is 16.9 Å². The van der Waals surface area contributed by atoms with E-state index in [1.165, 1.54) is 11.8 Å². The van der Waals surface area contributed by atoms with Gasteiger partial charge in [-0.2, -0.15) is 9.50 Å². The average molecular weight is 483 g/mol. The predicted octanol–water partition coefficient (Wildman–Crippen LogP) is 2.20. The van der Waals surface area contributed by atoms with Crippen molar-refractivity contribution in [3.8, 4) is 5.88 Å². The van der Waals surface area contributed by atoms with E-state index in [1.807, 2.05) is 31.4 Å². The van der Waals surface area contributed by atoms with Gasteiger partial charge in [-0.25, -0.2) is 4.98 Å². The van der Waals surface area contributed by atoms with Gasteiger partial charge in [-0.15, -0.1) is 5.10 Å². The van der Waals surface area contributed by atoms with Crippen LogP contribution in [0.5, 0.6) is 5.88 Å². The summed E-state index contributed by atoms with van der Waals surface area (Å²) in [7, 11) is 0. The van der Waals surface area contributed by atoms with Crippen molar-refractivity contribution in [2.24, 2.45) is 0 Å². The van der Waals surface area contributed by atoms with Crippen molar-refractivity contribution in [2.45, 2.75) is 31.0 Å². The molecule has 2 aliphatic rings. The lowest BCUT2D eigenvalue weighted by Crippen LogP contribution is -2.47. The first-order valence-corrected chi connectivity index (χ1v) is 12.5. The molecule has 1 atom stereocenters. The van der Waals surface area contributed by atoms with Crippen LogP contribution < -0.4 is 9.64 Å². The fourth-order valence-electron chi connectivity index (χ4n) is 4.20. The van der Waals surface area contributed by atoms with Gasteiger partial charge in [0, 0.05) is 42.5 Å². The quantitative estimate of drug-likeness (QED) is 0.493. The maximum Gasteiger partial charge on any atom is 0.256 e. The van der Waals surface area contributed by atoms with Crippen LogP contribution in [0.25, 0.3) is 5.78 Å². The zero-order chi connectivity index (χ0) is 23.7. The highest BCUT2D eigenvalue weighted by molar-refractivity contribution is 7.98. The van der Waals surface area contributed by atoms with Crippen molar-refractivity contribution in [2.75, 3.05) is 44.0 Å². The highest BCUT2D eigenvalue weighted by Gasteiger charge is 2.27. The van der Waals surface area contributed by atoms with Gasteiger partial charge in [-0.3, -0.25) is 9.59 Å². The number of hydrogen-bond donors (Lipinski definition) is 0. The van der Waals surface area contributed by atoms with Crippen LogP contribution in [0, 0.1) is 6.92 Å². The van der Waals surface area contributed by atoms with E-state index in [0.29, 0.717) is 48.5 Å². The van der Waals surface area contributed by atoms with Crippen molar-refractivity contribution >= 4 is 35.0 Å². The Balaban J connectivity index is 1.23. The molecule has 34 heavy (non-hydrogen) atoms. The maximum absolute atomic E-state index is 13.1. The number of rotatable bonds is 6. The van der Waals surface area contributed by atoms with E-state index in [1.54, 1.807) is 26.4 Å². The third kappa shape index (κ3) is 4.58. The van der Waals surface area contributed by atoms with Crippen LogP contribution in [-0.4, -0.2) is 81.5 Å². The molecule has 0 spiro atoms. The molecular weight excluding hydrogens is 456 g/mol. The average Bonchev–Trinajstić information content (AvgIpc) is 3.48. The number of aryl methyl sites for hydroxylation is 1. The Morgan fingerprint density at radius 3 is 2.79 bits per heavy atom. The van der Waals surface area contributed by atoms with E-state index in [2.05, 4.69) is 15.1 Å². The van der Waals surface area contributed by atoms with Crippen LogP contribution in [0.1, 0.15) is 28.9 Å². The predicted molar refractivity (Wildman–Crippen MR) is 126 cm³/mol. The number of anilines is 1. The summed E-state index contributed by atoms with van der Waals surface area (Å²) in [6, 6.07) is 9.07. The van der Waals surface area contributed by atoms with Crippen molar-refractivity contribution in [3.63, 3.8) is 0 Å². The van der Waals surface area contributed by atoms with Crippen molar-refractivity contribution in [3.05, 3.63) is 41.6 Å². The van der Waals surface area contributed by atoms with Crippen molar-refractivity contribution in [1.82, 2.24) is 24.5 Å². The molecule has 2 aromatic heterocycles. The molecule has 178 valence electrons. The Morgan fingerprint density at radius 1 is 1.24 bits per heavy atom. The largest absolute Gasteiger partial charge is 0.475 e. The van der Waals surface area contributed by atoms with E-state index < -0.39 is 0 Å². The molecular formula is C23H26N6O4S. The van der Waals surface area contributed by atoms with E-state index in [9.17, 15) is 9.59 Å². The number of ether oxygens (including phenoxy) is 2. The second kappa shape index (κ2) is 9.59. The second-order valence-corrected chi connectivity index (χ2v) is 9.07. The van der Waals surface area contributed by atoms with Crippen LogP contribution >= 0.6 is 11.8 Å². The van der Waals surface area contributed by atoms with Gasteiger partial charge in [-0.1, -0.05) is 11.8 Å². The molecule has 1 aromatic carbocycles. The number of carbonyl (C=O) groups excluding carboxylic acids is 2. The lowest BCUT2D eigenvalue weighted by molar-refractivity contribution is -0.117. The lowest BCUT2D eigenvalue weighted by atomic mass is 10.1. The summed E-state index contributed by atoms with van der Waals surface area (Å²) in [6.07, 6.45) is 3.09. The summed E-state index contributed by atoms with van der Waals surface area (Å²) in [6.45, 7) is 4.25. The molecule has 0 bridgehead atoms. The Morgan fingerprint density at radius 2 is 2.06 bits per heavy atom. The molecule has 3 aromatic rings. The number of aromatic nitrogens is 4. The summed E-state index contributed by atoms with van der Waals surface area (Å²) >= 11 is 1.44. The Labute approximate surface area is 201 Å². The van der Waals surface area contributed by atoms with Gasteiger partial charge < -0.3 is 19.3 Å². The first kappa shape index (κ1) is 22.6. The molecule has 2 amide bonds. The van der Waals surface area contributed by atoms with E-state index in [0.717, 1.165) is 24.3 Å². The van der Waals surface area contributed by atoms with Gasteiger partial charge in [0.25, 0.3) is 11.7 Å². The van der Waals surface area contributed by atoms with Crippen LogP contribution in [0.2, 0.25) is 0 Å². The van der Waals surface area contributed by atoms with Gasteiger partial charge in [-0.05, 0) is 43.9 Å². The smallest absolute Gasteiger partial charge is 0.256 e.